The van der Waals surface area contributed by atoms with Crippen LogP contribution in [0, 0.1) is 6.92 Å². The van der Waals surface area contributed by atoms with Gasteiger partial charge in [0, 0.05) is 18.8 Å². The zero-order valence-electron chi connectivity index (χ0n) is 16.7. The van der Waals surface area contributed by atoms with E-state index >= 15 is 0 Å². The first kappa shape index (κ1) is 19.7. The molecule has 3 aromatic rings. The average Bonchev–Trinajstić information content (AvgIpc) is 2.99. The zero-order valence-corrected chi connectivity index (χ0v) is 16.7. The Morgan fingerprint density at radius 2 is 1.96 bits per heavy atom. The van der Waals surface area contributed by atoms with Gasteiger partial charge in [-0.05, 0) is 58.7 Å². The van der Waals surface area contributed by atoms with Gasteiger partial charge in [-0.3, -0.25) is 4.40 Å². The number of anilines is 2. The van der Waals surface area contributed by atoms with Gasteiger partial charge in [0.25, 0.3) is 0 Å². The Morgan fingerprint density at radius 3 is 2.71 bits per heavy atom. The van der Waals surface area contributed by atoms with Crippen LogP contribution in [0.15, 0.2) is 18.2 Å². The van der Waals surface area contributed by atoms with E-state index in [2.05, 4.69) is 25.8 Å². The van der Waals surface area contributed by atoms with Crippen LogP contribution in [-0.2, 0) is 4.74 Å². The summed E-state index contributed by atoms with van der Waals surface area (Å²) < 4.78 is 7.16. The monoisotopic (exact) mass is 385 g/mol. The predicted octanol–water partition coefficient (Wildman–Crippen LogP) is 2.88. The van der Waals surface area contributed by atoms with Crippen molar-refractivity contribution in [3.63, 3.8) is 0 Å². The van der Waals surface area contributed by atoms with Gasteiger partial charge in [-0.1, -0.05) is 0 Å². The van der Waals surface area contributed by atoms with Gasteiger partial charge < -0.3 is 21.1 Å². The van der Waals surface area contributed by atoms with E-state index < -0.39 is 11.7 Å². The van der Waals surface area contributed by atoms with Crippen LogP contribution in [0.5, 0.6) is 0 Å². The van der Waals surface area contributed by atoms with Crippen molar-refractivity contribution in [1.29, 1.82) is 0 Å². The standard InChI is InChI=1S/C19H27N7O2/c1-12-24-25-17-16(23-14-8-7-13(20)11-15(14)26(12)17)21-9-5-6-10-22-18(27)28-19(2,3)4/h7-8,11H,5-6,9-10,20H2,1-4H3,(H,21,23)(H,22,27). The normalized spacial score (nSPS) is 11.7. The second-order valence-corrected chi connectivity index (χ2v) is 7.68. The molecule has 2 aromatic heterocycles. The molecule has 4 N–H and O–H groups in total. The summed E-state index contributed by atoms with van der Waals surface area (Å²) in [5.41, 5.74) is 8.47. The van der Waals surface area contributed by atoms with Crippen LogP contribution >= 0.6 is 0 Å². The third-order valence-electron chi connectivity index (χ3n) is 4.07. The quantitative estimate of drug-likeness (QED) is 0.441. The van der Waals surface area contributed by atoms with Crippen LogP contribution in [0.4, 0.5) is 16.3 Å². The van der Waals surface area contributed by atoms with Crippen LogP contribution in [0.25, 0.3) is 16.7 Å². The first-order valence-electron chi connectivity index (χ1n) is 9.36. The molecule has 0 unspecified atom stereocenters. The summed E-state index contributed by atoms with van der Waals surface area (Å²) in [4.78, 5) is 16.3. The van der Waals surface area contributed by atoms with Crippen molar-refractivity contribution in [3.8, 4) is 0 Å². The van der Waals surface area contributed by atoms with E-state index in [1.165, 1.54) is 0 Å². The fourth-order valence-corrected chi connectivity index (χ4v) is 2.87. The molecule has 0 fully saturated rings. The number of benzene rings is 1. The number of rotatable bonds is 6. The number of carbonyl (C=O) groups excluding carboxylic acids is 1. The Morgan fingerprint density at radius 1 is 1.21 bits per heavy atom. The molecule has 0 saturated heterocycles. The number of fused-ring (bicyclic) bond motifs is 3. The maximum atomic E-state index is 11.6. The molecule has 3 rings (SSSR count). The third kappa shape index (κ3) is 4.59. The van der Waals surface area contributed by atoms with E-state index in [9.17, 15) is 4.79 Å². The second kappa shape index (κ2) is 7.87. The Labute approximate surface area is 163 Å². The number of hydrogen-bond acceptors (Lipinski definition) is 7. The molecule has 0 saturated carbocycles. The van der Waals surface area contributed by atoms with Gasteiger partial charge in [0.1, 0.15) is 11.4 Å². The number of nitrogens with zero attached hydrogens (tertiary/aromatic N) is 4. The number of unbranched alkanes of at least 4 members (excludes halogenated alkanes) is 1. The molecule has 1 aromatic carbocycles. The van der Waals surface area contributed by atoms with Crippen molar-refractivity contribution in [2.45, 2.75) is 46.1 Å². The van der Waals surface area contributed by atoms with Gasteiger partial charge in [-0.25, -0.2) is 9.78 Å². The molecule has 0 radical (unpaired) electrons. The Balaban J connectivity index is 1.59. The molecule has 1 amide bonds. The van der Waals surface area contributed by atoms with Crippen molar-refractivity contribution in [1.82, 2.24) is 24.9 Å². The summed E-state index contributed by atoms with van der Waals surface area (Å²) in [7, 11) is 0. The van der Waals surface area contributed by atoms with E-state index in [4.69, 9.17) is 10.5 Å². The molecule has 9 nitrogen and oxygen atoms in total. The summed E-state index contributed by atoms with van der Waals surface area (Å²) in [5, 5.41) is 14.5. The smallest absolute Gasteiger partial charge is 0.407 e. The van der Waals surface area contributed by atoms with Crippen molar-refractivity contribution < 1.29 is 9.53 Å². The molecule has 28 heavy (non-hydrogen) atoms. The molecular weight excluding hydrogens is 358 g/mol. The number of nitrogens with one attached hydrogen (secondary N) is 2. The zero-order chi connectivity index (χ0) is 20.3. The van der Waals surface area contributed by atoms with E-state index in [-0.39, 0.29) is 0 Å². The van der Waals surface area contributed by atoms with E-state index in [0.29, 0.717) is 30.2 Å². The van der Waals surface area contributed by atoms with Crippen molar-refractivity contribution in [2.24, 2.45) is 0 Å². The highest BCUT2D eigenvalue weighted by Gasteiger charge is 2.15. The molecule has 0 atom stereocenters. The van der Waals surface area contributed by atoms with E-state index in [1.807, 2.05) is 50.3 Å². The van der Waals surface area contributed by atoms with E-state index in [0.717, 1.165) is 29.7 Å². The molecule has 150 valence electrons. The number of aryl methyl sites for hydroxylation is 1. The largest absolute Gasteiger partial charge is 0.444 e. The van der Waals surface area contributed by atoms with Crippen LogP contribution in [0.1, 0.15) is 39.4 Å². The van der Waals surface area contributed by atoms with Crippen molar-refractivity contribution >= 4 is 34.3 Å². The Bertz CT molecular complexity index is 991. The Hall–Kier alpha value is -3.10. The van der Waals surface area contributed by atoms with Crippen LogP contribution < -0.4 is 16.4 Å². The number of ether oxygens (including phenoxy) is 1. The minimum atomic E-state index is -0.486. The lowest BCUT2D eigenvalue weighted by atomic mass is 10.2. The first-order valence-corrected chi connectivity index (χ1v) is 9.36. The van der Waals surface area contributed by atoms with Gasteiger partial charge >= 0.3 is 6.09 Å². The maximum absolute atomic E-state index is 11.6. The fraction of sp³-hybridized carbons (Fsp3) is 0.474. The number of aromatic nitrogens is 4. The number of carbonyl (C=O) groups is 1. The highest BCUT2D eigenvalue weighted by molar-refractivity contribution is 5.85. The highest BCUT2D eigenvalue weighted by atomic mass is 16.6. The molecule has 0 bridgehead atoms. The van der Waals surface area contributed by atoms with E-state index in [1.54, 1.807) is 0 Å². The molecular formula is C19H27N7O2. The lowest BCUT2D eigenvalue weighted by molar-refractivity contribution is 0.0527. The minimum Gasteiger partial charge on any atom is -0.444 e. The van der Waals surface area contributed by atoms with Gasteiger partial charge in [0.05, 0.1) is 11.0 Å². The van der Waals surface area contributed by atoms with Crippen molar-refractivity contribution in [3.05, 3.63) is 24.0 Å². The number of hydrogen-bond donors (Lipinski definition) is 3. The molecule has 0 spiro atoms. The second-order valence-electron chi connectivity index (χ2n) is 7.68. The molecule has 9 heteroatoms. The van der Waals surface area contributed by atoms with Crippen LogP contribution in [0.2, 0.25) is 0 Å². The van der Waals surface area contributed by atoms with Crippen molar-refractivity contribution in [2.75, 3.05) is 24.1 Å². The number of alkyl carbamates (subject to hydrolysis) is 1. The lowest BCUT2D eigenvalue weighted by Gasteiger charge is -2.19. The maximum Gasteiger partial charge on any atom is 0.407 e. The minimum absolute atomic E-state index is 0.392. The first-order chi connectivity index (χ1) is 13.2. The SMILES string of the molecule is Cc1nnc2c(NCCCCNC(=O)OC(C)(C)C)nc3ccc(N)cc3n12. The van der Waals surface area contributed by atoms with Crippen LogP contribution in [0.3, 0.4) is 0 Å². The van der Waals surface area contributed by atoms with Gasteiger partial charge in [0.15, 0.2) is 5.82 Å². The summed E-state index contributed by atoms with van der Waals surface area (Å²) >= 11 is 0. The van der Waals surface area contributed by atoms with Gasteiger partial charge in [-0.2, -0.15) is 0 Å². The Kier molecular flexibility index (Phi) is 5.53. The number of amides is 1. The number of nitrogens with two attached hydrogens (primary N) is 1. The lowest BCUT2D eigenvalue weighted by Crippen LogP contribution is -2.33. The molecule has 0 aliphatic heterocycles. The fourth-order valence-electron chi connectivity index (χ4n) is 2.87. The highest BCUT2D eigenvalue weighted by Crippen LogP contribution is 2.23. The molecule has 0 aliphatic carbocycles. The topological polar surface area (TPSA) is 119 Å². The van der Waals surface area contributed by atoms with Crippen LogP contribution in [-0.4, -0.2) is 44.4 Å². The summed E-state index contributed by atoms with van der Waals surface area (Å²) in [5.74, 6) is 1.45. The molecule has 0 aliphatic rings. The van der Waals surface area contributed by atoms with Gasteiger partial charge in [-0.15, -0.1) is 10.2 Å². The number of nitrogen functional groups attached to an aromatic ring is 1. The third-order valence-corrected chi connectivity index (χ3v) is 4.07. The summed E-state index contributed by atoms with van der Waals surface area (Å²) in [6.07, 6.45) is 1.28. The van der Waals surface area contributed by atoms with Gasteiger partial charge in [0.2, 0.25) is 5.65 Å². The summed E-state index contributed by atoms with van der Waals surface area (Å²) in [6.45, 7) is 8.68. The predicted molar refractivity (Wildman–Crippen MR) is 109 cm³/mol. The molecule has 2 heterocycles. The summed E-state index contributed by atoms with van der Waals surface area (Å²) in [6, 6.07) is 5.59. The average molecular weight is 385 g/mol.